The number of hydrogen-bond donors (Lipinski definition) is 2. The van der Waals surface area contributed by atoms with Crippen LogP contribution in [-0.2, 0) is 11.3 Å². The van der Waals surface area contributed by atoms with E-state index in [-0.39, 0.29) is 0 Å². The third kappa shape index (κ3) is 2.64. The van der Waals surface area contributed by atoms with E-state index in [9.17, 15) is 0 Å². The Balaban J connectivity index is 1.67. The number of rotatable bonds is 3. The predicted octanol–water partition coefficient (Wildman–Crippen LogP) is 1.55. The first-order valence-electron chi connectivity index (χ1n) is 6.01. The minimum atomic E-state index is 0.687. The van der Waals surface area contributed by atoms with E-state index >= 15 is 0 Å². The van der Waals surface area contributed by atoms with Crippen LogP contribution in [0.15, 0.2) is 18.2 Å². The standard InChI is InChI=1S/C12H15ClN4O/c13-9-1-2-10-11(7-9)16-12(15-10)8-14-17-3-5-18-6-4-17/h1-2,7,14H,3-6,8H2,(H,15,16). The molecule has 2 N–H and O–H groups in total. The molecule has 2 heterocycles. The fraction of sp³-hybridized carbons (Fsp3) is 0.417. The Morgan fingerprint density at radius 3 is 3.06 bits per heavy atom. The van der Waals surface area contributed by atoms with Gasteiger partial charge in [0.2, 0.25) is 0 Å². The molecule has 1 fully saturated rings. The lowest BCUT2D eigenvalue weighted by molar-refractivity contribution is 0.0102. The summed E-state index contributed by atoms with van der Waals surface area (Å²) < 4.78 is 5.29. The van der Waals surface area contributed by atoms with E-state index in [0.717, 1.165) is 48.2 Å². The summed E-state index contributed by atoms with van der Waals surface area (Å²) in [6.07, 6.45) is 0. The summed E-state index contributed by atoms with van der Waals surface area (Å²) in [6.45, 7) is 4.07. The Morgan fingerprint density at radius 1 is 1.39 bits per heavy atom. The Labute approximate surface area is 110 Å². The van der Waals surface area contributed by atoms with Crippen LogP contribution in [0.25, 0.3) is 11.0 Å². The minimum Gasteiger partial charge on any atom is -0.379 e. The maximum atomic E-state index is 5.94. The number of ether oxygens (including phenoxy) is 1. The number of hydrazine groups is 1. The molecule has 96 valence electrons. The third-order valence-electron chi connectivity index (χ3n) is 2.97. The summed E-state index contributed by atoms with van der Waals surface area (Å²) in [5.74, 6) is 0.916. The van der Waals surface area contributed by atoms with E-state index in [1.807, 2.05) is 18.2 Å². The molecule has 1 aromatic heterocycles. The van der Waals surface area contributed by atoms with Crippen molar-refractivity contribution in [3.63, 3.8) is 0 Å². The molecule has 0 radical (unpaired) electrons. The van der Waals surface area contributed by atoms with Gasteiger partial charge < -0.3 is 9.72 Å². The number of morpholine rings is 1. The average Bonchev–Trinajstić information content (AvgIpc) is 2.79. The highest BCUT2D eigenvalue weighted by molar-refractivity contribution is 6.31. The molecule has 0 bridgehead atoms. The fourth-order valence-corrected chi connectivity index (χ4v) is 2.20. The van der Waals surface area contributed by atoms with Crippen molar-refractivity contribution in [2.45, 2.75) is 6.54 Å². The van der Waals surface area contributed by atoms with Crippen molar-refractivity contribution in [3.05, 3.63) is 29.0 Å². The summed E-state index contributed by atoms with van der Waals surface area (Å²) in [5.41, 5.74) is 5.26. The van der Waals surface area contributed by atoms with Crippen molar-refractivity contribution in [2.75, 3.05) is 26.3 Å². The minimum absolute atomic E-state index is 0.687. The van der Waals surface area contributed by atoms with E-state index < -0.39 is 0 Å². The topological polar surface area (TPSA) is 53.2 Å². The van der Waals surface area contributed by atoms with Crippen molar-refractivity contribution in [2.24, 2.45) is 0 Å². The molecule has 0 amide bonds. The van der Waals surface area contributed by atoms with Gasteiger partial charge >= 0.3 is 0 Å². The van der Waals surface area contributed by atoms with Crippen LogP contribution < -0.4 is 5.43 Å². The van der Waals surface area contributed by atoms with Gasteiger partial charge in [-0.2, -0.15) is 0 Å². The number of imidazole rings is 1. The quantitative estimate of drug-likeness (QED) is 0.885. The van der Waals surface area contributed by atoms with Crippen molar-refractivity contribution in [1.82, 2.24) is 20.4 Å². The molecule has 0 saturated carbocycles. The van der Waals surface area contributed by atoms with Gasteiger partial charge in [-0.05, 0) is 18.2 Å². The van der Waals surface area contributed by atoms with Gasteiger partial charge in [-0.3, -0.25) is 0 Å². The fourth-order valence-electron chi connectivity index (χ4n) is 2.03. The lowest BCUT2D eigenvalue weighted by atomic mass is 10.3. The maximum absolute atomic E-state index is 5.94. The molecular formula is C12H15ClN4O. The van der Waals surface area contributed by atoms with Crippen LogP contribution in [0.2, 0.25) is 5.02 Å². The van der Waals surface area contributed by atoms with Gasteiger partial charge in [0.15, 0.2) is 0 Å². The van der Waals surface area contributed by atoms with Gasteiger partial charge in [0.05, 0.1) is 30.8 Å². The summed E-state index contributed by atoms with van der Waals surface area (Å²) >= 11 is 5.94. The van der Waals surface area contributed by atoms with Crippen LogP contribution in [0.1, 0.15) is 5.82 Å². The number of nitrogens with one attached hydrogen (secondary N) is 2. The SMILES string of the molecule is Clc1ccc2nc(CNN3CCOCC3)[nH]c2c1. The third-order valence-corrected chi connectivity index (χ3v) is 3.21. The molecule has 2 aromatic rings. The Hall–Kier alpha value is -1.14. The predicted molar refractivity (Wildman–Crippen MR) is 70.3 cm³/mol. The van der Waals surface area contributed by atoms with E-state index in [1.54, 1.807) is 0 Å². The second-order valence-electron chi connectivity index (χ2n) is 4.28. The van der Waals surface area contributed by atoms with Gasteiger partial charge in [0, 0.05) is 18.1 Å². The largest absolute Gasteiger partial charge is 0.379 e. The Kier molecular flexibility index (Phi) is 3.47. The highest BCUT2D eigenvalue weighted by atomic mass is 35.5. The maximum Gasteiger partial charge on any atom is 0.122 e. The van der Waals surface area contributed by atoms with E-state index in [4.69, 9.17) is 16.3 Å². The number of halogens is 1. The van der Waals surface area contributed by atoms with Crippen LogP contribution in [0, 0.1) is 0 Å². The zero-order valence-electron chi connectivity index (χ0n) is 9.95. The lowest BCUT2D eigenvalue weighted by Crippen LogP contribution is -2.45. The van der Waals surface area contributed by atoms with Crippen LogP contribution in [-0.4, -0.2) is 41.3 Å². The Bertz CT molecular complexity index is 536. The summed E-state index contributed by atoms with van der Waals surface area (Å²) in [7, 11) is 0. The van der Waals surface area contributed by atoms with E-state index in [1.165, 1.54) is 0 Å². The number of hydrogen-bond acceptors (Lipinski definition) is 4. The first kappa shape index (κ1) is 11.9. The molecule has 0 spiro atoms. The number of H-pyrrole nitrogens is 1. The zero-order valence-corrected chi connectivity index (χ0v) is 10.7. The zero-order chi connectivity index (χ0) is 12.4. The highest BCUT2D eigenvalue weighted by Crippen LogP contribution is 2.17. The molecule has 5 nitrogen and oxygen atoms in total. The molecule has 1 saturated heterocycles. The van der Waals surface area contributed by atoms with E-state index in [2.05, 4.69) is 20.4 Å². The second-order valence-corrected chi connectivity index (χ2v) is 4.72. The van der Waals surface area contributed by atoms with Crippen molar-refractivity contribution >= 4 is 22.6 Å². The molecule has 6 heteroatoms. The first-order valence-corrected chi connectivity index (χ1v) is 6.39. The Morgan fingerprint density at radius 2 is 2.22 bits per heavy atom. The molecule has 1 aromatic carbocycles. The molecule has 0 unspecified atom stereocenters. The molecule has 1 aliphatic rings. The van der Waals surface area contributed by atoms with Crippen molar-refractivity contribution in [1.29, 1.82) is 0 Å². The summed E-state index contributed by atoms with van der Waals surface area (Å²) in [6, 6.07) is 5.67. The molecule has 1 aliphatic heterocycles. The number of nitrogens with zero attached hydrogens (tertiary/aromatic N) is 2. The molecule has 0 atom stereocenters. The van der Waals surface area contributed by atoms with Gasteiger partial charge in [-0.15, -0.1) is 0 Å². The van der Waals surface area contributed by atoms with Crippen LogP contribution in [0.3, 0.4) is 0 Å². The van der Waals surface area contributed by atoms with Gasteiger partial charge in [-0.1, -0.05) is 11.6 Å². The summed E-state index contributed by atoms with van der Waals surface area (Å²) in [5, 5.41) is 2.88. The van der Waals surface area contributed by atoms with Gasteiger partial charge in [-0.25, -0.2) is 15.4 Å². The normalized spacial score (nSPS) is 17.4. The van der Waals surface area contributed by atoms with Gasteiger partial charge in [0.1, 0.15) is 5.82 Å². The number of fused-ring (bicyclic) bond motifs is 1. The number of aromatic amines is 1. The van der Waals surface area contributed by atoms with Crippen LogP contribution in [0.5, 0.6) is 0 Å². The second kappa shape index (κ2) is 5.24. The average molecular weight is 267 g/mol. The highest BCUT2D eigenvalue weighted by Gasteiger charge is 2.10. The van der Waals surface area contributed by atoms with Crippen molar-refractivity contribution in [3.8, 4) is 0 Å². The number of aromatic nitrogens is 2. The van der Waals surface area contributed by atoms with Crippen molar-refractivity contribution < 1.29 is 4.74 Å². The smallest absolute Gasteiger partial charge is 0.122 e. The first-order chi connectivity index (χ1) is 8.81. The molecule has 18 heavy (non-hydrogen) atoms. The van der Waals surface area contributed by atoms with E-state index in [0.29, 0.717) is 6.54 Å². The lowest BCUT2D eigenvalue weighted by Gasteiger charge is -2.26. The summed E-state index contributed by atoms with van der Waals surface area (Å²) in [4.78, 5) is 7.76. The molecule has 0 aliphatic carbocycles. The molecule has 3 rings (SSSR count). The van der Waals surface area contributed by atoms with Crippen LogP contribution >= 0.6 is 11.6 Å². The monoisotopic (exact) mass is 266 g/mol. The van der Waals surface area contributed by atoms with Gasteiger partial charge in [0.25, 0.3) is 0 Å². The van der Waals surface area contributed by atoms with Crippen LogP contribution in [0.4, 0.5) is 0 Å². The number of benzene rings is 1. The molecular weight excluding hydrogens is 252 g/mol.